The molecule has 0 saturated heterocycles. The third-order valence-corrected chi connectivity index (χ3v) is 3.27. The fraction of sp³-hybridized carbons (Fsp3) is 0.294. The van der Waals surface area contributed by atoms with Crippen LogP contribution >= 0.6 is 0 Å². The minimum absolute atomic E-state index is 0.358. The van der Waals surface area contributed by atoms with Gasteiger partial charge in [-0.3, -0.25) is 5.32 Å². The van der Waals surface area contributed by atoms with Gasteiger partial charge in [0.05, 0.1) is 13.7 Å². The second-order valence-electron chi connectivity index (χ2n) is 4.79. The second-order valence-corrected chi connectivity index (χ2v) is 4.79. The molecule has 1 aromatic carbocycles. The number of carbonyl (C=O) groups is 1. The fourth-order valence-corrected chi connectivity index (χ4v) is 2.15. The van der Waals surface area contributed by atoms with Gasteiger partial charge in [-0.1, -0.05) is 18.2 Å². The lowest BCUT2D eigenvalue weighted by Gasteiger charge is -2.18. The minimum Gasteiger partial charge on any atom is -0.478 e. The first-order valence-electron chi connectivity index (χ1n) is 7.29. The van der Waals surface area contributed by atoms with Crippen molar-refractivity contribution in [1.82, 2.24) is 10.3 Å². The highest BCUT2D eigenvalue weighted by Gasteiger charge is 2.21. The van der Waals surface area contributed by atoms with E-state index in [1.54, 1.807) is 24.4 Å². The second kappa shape index (κ2) is 8.24. The lowest BCUT2D eigenvalue weighted by molar-refractivity contribution is -0.143. The predicted molar refractivity (Wildman–Crippen MR) is 83.4 cm³/mol. The number of hydrogen-bond donors (Lipinski definition) is 1. The molecule has 122 valence electrons. The van der Waals surface area contributed by atoms with Gasteiger partial charge in [0.25, 0.3) is 0 Å². The third-order valence-electron chi connectivity index (χ3n) is 3.27. The van der Waals surface area contributed by atoms with Crippen LogP contribution in [0.15, 0.2) is 42.6 Å². The normalized spacial score (nSPS) is 11.8. The number of benzene rings is 1. The number of nitrogens with zero attached hydrogens (tertiary/aromatic N) is 1. The molecule has 0 saturated carbocycles. The zero-order valence-electron chi connectivity index (χ0n) is 13.1. The molecule has 1 N–H and O–H groups in total. The van der Waals surface area contributed by atoms with E-state index in [1.165, 1.54) is 19.2 Å². The van der Waals surface area contributed by atoms with Crippen molar-refractivity contribution in [3.8, 4) is 5.88 Å². The molecular formula is C17H19FN2O3. The number of methoxy groups -OCH3 is 1. The predicted octanol–water partition coefficient (Wildman–Crippen LogP) is 2.62. The van der Waals surface area contributed by atoms with E-state index in [4.69, 9.17) is 9.47 Å². The Morgan fingerprint density at radius 3 is 2.70 bits per heavy atom. The number of pyridine rings is 1. The molecule has 0 radical (unpaired) electrons. The molecule has 1 unspecified atom stereocenters. The van der Waals surface area contributed by atoms with Gasteiger partial charge >= 0.3 is 5.97 Å². The smallest absolute Gasteiger partial charge is 0.327 e. The Morgan fingerprint density at radius 1 is 1.30 bits per heavy atom. The number of rotatable bonds is 7. The number of esters is 1. The van der Waals surface area contributed by atoms with E-state index >= 15 is 0 Å². The average molecular weight is 318 g/mol. The molecule has 5 nitrogen and oxygen atoms in total. The largest absolute Gasteiger partial charge is 0.478 e. The topological polar surface area (TPSA) is 60.5 Å². The summed E-state index contributed by atoms with van der Waals surface area (Å²) >= 11 is 0. The van der Waals surface area contributed by atoms with Gasteiger partial charge in [-0.2, -0.15) is 0 Å². The third kappa shape index (κ3) is 4.50. The molecule has 2 rings (SSSR count). The Kier molecular flexibility index (Phi) is 6.05. The molecule has 0 bridgehead atoms. The summed E-state index contributed by atoms with van der Waals surface area (Å²) in [7, 11) is 1.32. The van der Waals surface area contributed by atoms with Crippen molar-refractivity contribution in [1.29, 1.82) is 0 Å². The van der Waals surface area contributed by atoms with E-state index < -0.39 is 12.0 Å². The summed E-state index contributed by atoms with van der Waals surface area (Å²) in [5, 5.41) is 3.10. The summed E-state index contributed by atoms with van der Waals surface area (Å²) in [6.07, 6.45) is 1.65. The lowest BCUT2D eigenvalue weighted by atomic mass is 10.1. The number of hydrogen-bond acceptors (Lipinski definition) is 5. The van der Waals surface area contributed by atoms with Crippen LogP contribution in [0, 0.1) is 5.82 Å². The molecule has 2 aromatic rings. The first-order chi connectivity index (χ1) is 11.2. The van der Waals surface area contributed by atoms with E-state index in [0.717, 1.165) is 5.56 Å². The van der Waals surface area contributed by atoms with Gasteiger partial charge in [0.15, 0.2) is 0 Å². The SMILES string of the molecule is CCOc1ncccc1CNC(C(=O)OC)c1ccc(F)cc1. The van der Waals surface area contributed by atoms with Gasteiger partial charge in [-0.25, -0.2) is 14.2 Å². The molecule has 0 aliphatic rings. The summed E-state index contributed by atoms with van der Waals surface area (Å²) < 4.78 is 23.3. The molecule has 6 heteroatoms. The van der Waals surface area contributed by atoms with Crippen molar-refractivity contribution >= 4 is 5.97 Å². The Labute approximate surface area is 134 Å². The standard InChI is InChI=1S/C17H19FN2O3/c1-3-23-16-13(5-4-10-19-16)11-20-15(17(21)22-2)12-6-8-14(18)9-7-12/h4-10,15,20H,3,11H2,1-2H3. The van der Waals surface area contributed by atoms with Crippen LogP contribution in [0.1, 0.15) is 24.1 Å². The average Bonchev–Trinajstić information content (AvgIpc) is 2.58. The van der Waals surface area contributed by atoms with Gasteiger partial charge < -0.3 is 9.47 Å². The first-order valence-corrected chi connectivity index (χ1v) is 7.29. The van der Waals surface area contributed by atoms with E-state index in [9.17, 15) is 9.18 Å². The van der Waals surface area contributed by atoms with Crippen LogP contribution in [0.4, 0.5) is 4.39 Å². The van der Waals surface area contributed by atoms with Crippen LogP contribution in [0.3, 0.4) is 0 Å². The Morgan fingerprint density at radius 2 is 2.04 bits per heavy atom. The molecular weight excluding hydrogens is 299 g/mol. The molecule has 1 atom stereocenters. The van der Waals surface area contributed by atoms with Gasteiger partial charge in [0, 0.05) is 18.3 Å². The van der Waals surface area contributed by atoms with E-state index in [-0.39, 0.29) is 5.82 Å². The molecule has 1 heterocycles. The van der Waals surface area contributed by atoms with Gasteiger partial charge in [0.2, 0.25) is 5.88 Å². The van der Waals surface area contributed by atoms with E-state index in [2.05, 4.69) is 10.3 Å². The van der Waals surface area contributed by atoms with Crippen LogP contribution in [-0.2, 0) is 16.1 Å². The zero-order chi connectivity index (χ0) is 16.7. The Bertz CT molecular complexity index is 647. The number of carbonyl (C=O) groups excluding carboxylic acids is 1. The van der Waals surface area contributed by atoms with Crippen molar-refractivity contribution in [3.63, 3.8) is 0 Å². The fourth-order valence-electron chi connectivity index (χ4n) is 2.15. The van der Waals surface area contributed by atoms with Crippen LogP contribution < -0.4 is 10.1 Å². The molecule has 1 aromatic heterocycles. The van der Waals surface area contributed by atoms with Gasteiger partial charge in [0.1, 0.15) is 11.9 Å². The zero-order valence-corrected chi connectivity index (χ0v) is 13.1. The number of halogens is 1. The number of ether oxygens (including phenoxy) is 2. The summed E-state index contributed by atoms with van der Waals surface area (Å²) in [5.74, 6) is -0.285. The maximum Gasteiger partial charge on any atom is 0.327 e. The van der Waals surface area contributed by atoms with Crippen LogP contribution in [0.5, 0.6) is 5.88 Å². The summed E-state index contributed by atoms with van der Waals surface area (Å²) in [5.41, 5.74) is 1.45. The molecule has 0 amide bonds. The maximum atomic E-state index is 13.1. The van der Waals surface area contributed by atoms with Crippen LogP contribution in [-0.4, -0.2) is 24.7 Å². The van der Waals surface area contributed by atoms with Crippen molar-refractivity contribution < 1.29 is 18.7 Å². The minimum atomic E-state index is -0.699. The highest BCUT2D eigenvalue weighted by Crippen LogP contribution is 2.19. The summed E-state index contributed by atoms with van der Waals surface area (Å²) in [4.78, 5) is 16.2. The summed E-state index contributed by atoms with van der Waals surface area (Å²) in [6, 6.07) is 8.68. The maximum absolute atomic E-state index is 13.1. The molecule has 0 fully saturated rings. The number of aromatic nitrogens is 1. The van der Waals surface area contributed by atoms with Gasteiger partial charge in [-0.05, 0) is 30.7 Å². The molecule has 0 spiro atoms. The molecule has 23 heavy (non-hydrogen) atoms. The first kappa shape index (κ1) is 16.9. The molecule has 0 aliphatic carbocycles. The quantitative estimate of drug-likeness (QED) is 0.795. The van der Waals surface area contributed by atoms with E-state index in [1.807, 2.05) is 13.0 Å². The van der Waals surface area contributed by atoms with E-state index in [0.29, 0.717) is 24.6 Å². The highest BCUT2D eigenvalue weighted by molar-refractivity contribution is 5.77. The highest BCUT2D eigenvalue weighted by atomic mass is 19.1. The Balaban J connectivity index is 2.16. The van der Waals surface area contributed by atoms with Gasteiger partial charge in [-0.15, -0.1) is 0 Å². The lowest BCUT2D eigenvalue weighted by Crippen LogP contribution is -2.29. The van der Waals surface area contributed by atoms with Crippen molar-refractivity contribution in [2.24, 2.45) is 0 Å². The number of nitrogens with one attached hydrogen (secondary N) is 1. The molecule has 0 aliphatic heterocycles. The monoisotopic (exact) mass is 318 g/mol. The van der Waals surface area contributed by atoms with Crippen LogP contribution in [0.25, 0.3) is 0 Å². The van der Waals surface area contributed by atoms with Crippen molar-refractivity contribution in [2.45, 2.75) is 19.5 Å². The van der Waals surface area contributed by atoms with Crippen LogP contribution in [0.2, 0.25) is 0 Å². The Hall–Kier alpha value is -2.47. The van der Waals surface area contributed by atoms with Crippen molar-refractivity contribution in [2.75, 3.05) is 13.7 Å². The van der Waals surface area contributed by atoms with Crippen molar-refractivity contribution in [3.05, 3.63) is 59.5 Å². The summed E-state index contributed by atoms with van der Waals surface area (Å²) in [6.45, 7) is 2.74.